The number of rotatable bonds is 13. The number of pyridine rings is 1. The fourth-order valence-corrected chi connectivity index (χ4v) is 6.56. The van der Waals surface area contributed by atoms with Gasteiger partial charge >= 0.3 is 5.69 Å². The van der Waals surface area contributed by atoms with Gasteiger partial charge in [-0.05, 0) is 49.1 Å². The molecule has 238 valence electrons. The van der Waals surface area contributed by atoms with Crippen molar-refractivity contribution in [1.29, 1.82) is 0 Å². The van der Waals surface area contributed by atoms with Gasteiger partial charge < -0.3 is 14.9 Å². The predicted molar refractivity (Wildman–Crippen MR) is 176 cm³/mol. The zero-order chi connectivity index (χ0) is 32.8. The van der Waals surface area contributed by atoms with Gasteiger partial charge in [-0.2, -0.15) is 4.98 Å². The number of aromatic hydroxyl groups is 1. The van der Waals surface area contributed by atoms with Gasteiger partial charge in [0.1, 0.15) is 23.1 Å². The zero-order valence-electron chi connectivity index (χ0n) is 25.5. The summed E-state index contributed by atoms with van der Waals surface area (Å²) in [6.07, 6.45) is 3.81. The Hall–Kier alpha value is -4.10. The lowest BCUT2D eigenvalue weighted by Crippen LogP contribution is -2.39. The molecule has 0 spiro atoms. The molecule has 4 aromatic rings. The smallest absolute Gasteiger partial charge is 0.355 e. The SMILES string of the molecule is C=CC(=O)N(CCC)CCN(CSC)c1nc(=O)n(-c2ccccc2S(=O)C(C)C)c2nc(-c3c(O)cccc3F)c(F)cc12. The second-order valence-electron chi connectivity index (χ2n) is 10.4. The molecule has 0 aliphatic heterocycles. The highest BCUT2D eigenvalue weighted by Crippen LogP contribution is 2.36. The number of hydrogen-bond donors (Lipinski definition) is 1. The molecule has 2 aromatic heterocycles. The predicted octanol–water partition coefficient (Wildman–Crippen LogP) is 5.50. The number of amides is 1. The van der Waals surface area contributed by atoms with Gasteiger partial charge in [0.25, 0.3) is 0 Å². The van der Waals surface area contributed by atoms with E-state index in [2.05, 4.69) is 16.5 Å². The van der Waals surface area contributed by atoms with Crippen LogP contribution in [0.5, 0.6) is 5.75 Å². The summed E-state index contributed by atoms with van der Waals surface area (Å²) in [5.41, 5.74) is -1.60. The summed E-state index contributed by atoms with van der Waals surface area (Å²) < 4.78 is 45.4. The maximum Gasteiger partial charge on any atom is 0.355 e. The van der Waals surface area contributed by atoms with Crippen molar-refractivity contribution in [3.05, 3.63) is 83.3 Å². The molecule has 1 atom stereocenters. The molecule has 2 aromatic carbocycles. The first kappa shape index (κ1) is 33.8. The van der Waals surface area contributed by atoms with Crippen molar-refractivity contribution < 1.29 is 22.9 Å². The highest BCUT2D eigenvalue weighted by atomic mass is 32.2. The lowest BCUT2D eigenvalue weighted by atomic mass is 10.1. The summed E-state index contributed by atoms with van der Waals surface area (Å²) in [6.45, 7) is 10.1. The molecule has 0 aliphatic carbocycles. The number of aromatic nitrogens is 3. The molecular formula is C32H35F2N5O4S2. The Labute approximate surface area is 267 Å². The first-order valence-electron chi connectivity index (χ1n) is 14.3. The van der Waals surface area contributed by atoms with Gasteiger partial charge in [-0.1, -0.05) is 45.5 Å². The van der Waals surface area contributed by atoms with E-state index in [0.717, 1.165) is 23.1 Å². The number of benzene rings is 2. The van der Waals surface area contributed by atoms with E-state index in [-0.39, 0.29) is 46.8 Å². The van der Waals surface area contributed by atoms with Crippen LogP contribution in [0.1, 0.15) is 27.2 Å². The minimum Gasteiger partial charge on any atom is -0.507 e. The third-order valence-electron chi connectivity index (χ3n) is 6.99. The van der Waals surface area contributed by atoms with E-state index in [4.69, 9.17) is 0 Å². The van der Waals surface area contributed by atoms with Crippen molar-refractivity contribution >= 4 is 45.3 Å². The number of nitrogens with zero attached hydrogens (tertiary/aromatic N) is 5. The van der Waals surface area contributed by atoms with Gasteiger partial charge in [0.05, 0.1) is 38.2 Å². The van der Waals surface area contributed by atoms with Crippen LogP contribution in [0.4, 0.5) is 14.6 Å². The second kappa shape index (κ2) is 14.8. The van der Waals surface area contributed by atoms with Gasteiger partial charge in [0, 0.05) is 24.9 Å². The van der Waals surface area contributed by atoms with E-state index in [1.165, 1.54) is 30.0 Å². The third-order valence-corrected chi connectivity index (χ3v) is 9.19. The van der Waals surface area contributed by atoms with Crippen LogP contribution in [-0.2, 0) is 15.6 Å². The Bertz CT molecular complexity index is 1790. The molecule has 2 heterocycles. The number of anilines is 1. The largest absolute Gasteiger partial charge is 0.507 e. The van der Waals surface area contributed by atoms with Crippen molar-refractivity contribution in [1.82, 2.24) is 19.4 Å². The number of carbonyl (C=O) groups excluding carboxylic acids is 1. The van der Waals surface area contributed by atoms with Crippen LogP contribution < -0.4 is 10.6 Å². The number of hydrogen-bond acceptors (Lipinski definition) is 8. The topological polar surface area (TPSA) is 109 Å². The Balaban J connectivity index is 2.04. The molecule has 1 N–H and O–H groups in total. The van der Waals surface area contributed by atoms with E-state index >= 15 is 4.39 Å². The molecule has 0 radical (unpaired) electrons. The second-order valence-corrected chi connectivity index (χ2v) is 13.2. The number of phenolic OH excluding ortho intramolecular Hbond substituents is 1. The summed E-state index contributed by atoms with van der Waals surface area (Å²) in [7, 11) is -1.53. The number of phenols is 1. The van der Waals surface area contributed by atoms with E-state index in [9.17, 15) is 23.3 Å². The van der Waals surface area contributed by atoms with Crippen LogP contribution in [0.2, 0.25) is 0 Å². The van der Waals surface area contributed by atoms with Crippen molar-refractivity contribution in [3.63, 3.8) is 0 Å². The number of halogens is 2. The highest BCUT2D eigenvalue weighted by molar-refractivity contribution is 7.98. The van der Waals surface area contributed by atoms with Crippen LogP contribution >= 0.6 is 11.8 Å². The van der Waals surface area contributed by atoms with E-state index < -0.39 is 45.1 Å². The quantitative estimate of drug-likeness (QED) is 0.149. The van der Waals surface area contributed by atoms with E-state index in [1.807, 2.05) is 13.2 Å². The lowest BCUT2D eigenvalue weighted by Gasteiger charge is -2.28. The third kappa shape index (κ3) is 7.09. The molecule has 0 aliphatic rings. The van der Waals surface area contributed by atoms with Crippen LogP contribution in [0.15, 0.2) is 70.9 Å². The van der Waals surface area contributed by atoms with Crippen LogP contribution in [0, 0.1) is 11.6 Å². The van der Waals surface area contributed by atoms with Crippen LogP contribution in [0.25, 0.3) is 28.0 Å². The summed E-state index contributed by atoms with van der Waals surface area (Å²) in [4.78, 5) is 39.0. The van der Waals surface area contributed by atoms with Gasteiger partial charge in [0.15, 0.2) is 11.5 Å². The van der Waals surface area contributed by atoms with Crippen molar-refractivity contribution in [2.45, 2.75) is 37.3 Å². The van der Waals surface area contributed by atoms with Crippen LogP contribution in [-0.4, -0.2) is 71.7 Å². The molecule has 0 fully saturated rings. The van der Waals surface area contributed by atoms with Crippen LogP contribution in [0.3, 0.4) is 0 Å². The number of para-hydroxylation sites is 1. The number of thioether (sulfide) groups is 1. The maximum absolute atomic E-state index is 15.9. The standard InChI is InChI=1S/C32H35F2N5O4S2/c1-6-15-37(27(41)7-2)16-17-38(19-44-5)30-21-18-23(34)29(28-22(33)11-10-13-25(28)40)35-31(21)39(32(42)36-30)24-12-8-9-14-26(24)45(43)20(3)4/h7-14,18,20,40H,2,6,15-17,19H2,1,3-5H3. The Morgan fingerprint density at radius 2 is 1.84 bits per heavy atom. The van der Waals surface area contributed by atoms with E-state index in [0.29, 0.717) is 17.3 Å². The molecule has 1 unspecified atom stereocenters. The van der Waals surface area contributed by atoms with E-state index in [1.54, 1.807) is 47.9 Å². The Morgan fingerprint density at radius 3 is 2.49 bits per heavy atom. The first-order chi connectivity index (χ1) is 21.5. The van der Waals surface area contributed by atoms with Gasteiger partial charge in [-0.25, -0.2) is 23.1 Å². The Kier molecular flexibility index (Phi) is 11.1. The van der Waals surface area contributed by atoms with Gasteiger partial charge in [-0.15, -0.1) is 11.8 Å². The maximum atomic E-state index is 15.9. The van der Waals surface area contributed by atoms with Gasteiger partial charge in [0.2, 0.25) is 5.91 Å². The average molecular weight is 656 g/mol. The summed E-state index contributed by atoms with van der Waals surface area (Å²) in [5, 5.41) is 10.3. The van der Waals surface area contributed by atoms with Gasteiger partial charge in [-0.3, -0.25) is 9.00 Å². The molecule has 4 rings (SSSR count). The fraction of sp³-hybridized carbons (Fsp3) is 0.312. The molecule has 0 bridgehead atoms. The average Bonchev–Trinajstić information content (AvgIpc) is 3.01. The molecule has 0 saturated carbocycles. The molecule has 13 heteroatoms. The monoisotopic (exact) mass is 655 g/mol. The van der Waals surface area contributed by atoms with Crippen molar-refractivity contribution in [2.75, 3.05) is 36.7 Å². The minimum absolute atomic E-state index is 0.0732. The molecule has 9 nitrogen and oxygen atoms in total. The summed E-state index contributed by atoms with van der Waals surface area (Å²) in [5.74, 6) is -2.19. The van der Waals surface area contributed by atoms with Crippen molar-refractivity contribution in [3.8, 4) is 22.7 Å². The first-order valence-corrected chi connectivity index (χ1v) is 16.9. The molecule has 0 saturated heterocycles. The summed E-state index contributed by atoms with van der Waals surface area (Å²) >= 11 is 1.43. The minimum atomic E-state index is -1.53. The number of carbonyl (C=O) groups is 1. The zero-order valence-corrected chi connectivity index (χ0v) is 27.1. The fourth-order valence-electron chi connectivity index (χ4n) is 4.91. The normalized spacial score (nSPS) is 12.0. The lowest BCUT2D eigenvalue weighted by molar-refractivity contribution is -0.125. The Morgan fingerprint density at radius 1 is 1.11 bits per heavy atom. The number of fused-ring (bicyclic) bond motifs is 1. The van der Waals surface area contributed by atoms with Crippen molar-refractivity contribution in [2.24, 2.45) is 0 Å². The molecule has 1 amide bonds. The summed E-state index contributed by atoms with van der Waals surface area (Å²) in [6, 6.07) is 11.2. The molecular weight excluding hydrogens is 621 g/mol. The highest BCUT2D eigenvalue weighted by Gasteiger charge is 2.26. The molecule has 45 heavy (non-hydrogen) atoms.